The molecule has 3 aromatic rings. The van der Waals surface area contributed by atoms with Crippen LogP contribution in [-0.4, -0.2) is 15.1 Å². The van der Waals surface area contributed by atoms with Crippen LogP contribution in [0.4, 0.5) is 0 Å². The van der Waals surface area contributed by atoms with E-state index in [0.717, 1.165) is 16.7 Å². The number of H-pyrrole nitrogens is 1. The minimum atomic E-state index is 0. The summed E-state index contributed by atoms with van der Waals surface area (Å²) in [6, 6.07) is 16.9. The number of hydrogen-bond donors (Lipinski definition) is 2. The van der Waals surface area contributed by atoms with E-state index < -0.39 is 0 Å². The molecular formula is C20H17N3NaO-. The van der Waals surface area contributed by atoms with Crippen molar-refractivity contribution in [1.82, 2.24) is 9.97 Å². The van der Waals surface area contributed by atoms with E-state index in [1.807, 2.05) is 25.1 Å². The molecule has 0 aliphatic rings. The number of benzene rings is 2. The Balaban J connectivity index is 0.00000225. The van der Waals surface area contributed by atoms with Crippen molar-refractivity contribution in [2.75, 3.05) is 0 Å². The normalized spacial score (nSPS) is 12.8. The molecule has 4 nitrogen and oxygen atoms in total. The first-order valence-electron chi connectivity index (χ1n) is 7.65. The van der Waals surface area contributed by atoms with Gasteiger partial charge in [-0.3, -0.25) is 0 Å². The molecule has 0 radical (unpaired) electrons. The number of aromatic hydroxyl groups is 1. The van der Waals surface area contributed by atoms with Crippen molar-refractivity contribution in [3.05, 3.63) is 95.4 Å². The largest absolute Gasteiger partial charge is 1.00 e. The Labute approximate surface area is 169 Å². The quantitative estimate of drug-likeness (QED) is 0.536. The Morgan fingerprint density at radius 1 is 1.16 bits per heavy atom. The van der Waals surface area contributed by atoms with Gasteiger partial charge in [-0.05, 0) is 12.5 Å². The molecular weight excluding hydrogens is 321 g/mol. The Bertz CT molecular complexity index is 887. The number of nitrogens with one attached hydrogen (secondary N) is 1. The van der Waals surface area contributed by atoms with Crippen LogP contribution >= 0.6 is 0 Å². The van der Waals surface area contributed by atoms with Crippen molar-refractivity contribution in [3.8, 4) is 5.75 Å². The van der Waals surface area contributed by atoms with Crippen molar-refractivity contribution >= 4 is 6.08 Å². The van der Waals surface area contributed by atoms with Crippen LogP contribution in [-0.2, 0) is 0 Å². The van der Waals surface area contributed by atoms with E-state index >= 15 is 0 Å². The van der Waals surface area contributed by atoms with Gasteiger partial charge in [0.15, 0.2) is 0 Å². The first-order valence-corrected chi connectivity index (χ1v) is 7.65. The summed E-state index contributed by atoms with van der Waals surface area (Å²) in [5.74, 6) is 0.231. The third-order valence-corrected chi connectivity index (χ3v) is 3.56. The fraction of sp³-hybridized carbons (Fsp3) is 0.100. The van der Waals surface area contributed by atoms with Gasteiger partial charge in [0.05, 0.1) is 11.8 Å². The molecule has 3 rings (SSSR count). The molecule has 0 fully saturated rings. The van der Waals surface area contributed by atoms with Gasteiger partial charge in [-0.2, -0.15) is 17.2 Å². The molecule has 2 aromatic carbocycles. The Morgan fingerprint density at radius 2 is 1.88 bits per heavy atom. The molecule has 1 heterocycles. The van der Waals surface area contributed by atoms with Gasteiger partial charge in [0.25, 0.3) is 0 Å². The summed E-state index contributed by atoms with van der Waals surface area (Å²) in [5, 5.41) is 9.32. The van der Waals surface area contributed by atoms with E-state index in [4.69, 9.17) is 4.99 Å². The molecule has 0 aliphatic carbocycles. The van der Waals surface area contributed by atoms with E-state index in [-0.39, 0.29) is 41.3 Å². The van der Waals surface area contributed by atoms with Crippen LogP contribution in [0, 0.1) is 12.3 Å². The van der Waals surface area contributed by atoms with Crippen LogP contribution in [0.1, 0.15) is 29.7 Å². The fourth-order valence-corrected chi connectivity index (χ4v) is 2.25. The molecule has 0 amide bonds. The number of aromatic nitrogens is 2. The second-order valence-corrected chi connectivity index (χ2v) is 5.33. The van der Waals surface area contributed by atoms with Crippen LogP contribution in [0.2, 0.25) is 0 Å². The van der Waals surface area contributed by atoms with Crippen molar-refractivity contribution in [1.29, 1.82) is 0 Å². The summed E-state index contributed by atoms with van der Waals surface area (Å²) in [6.45, 7) is 2.04. The third-order valence-electron chi connectivity index (χ3n) is 3.56. The average Bonchev–Trinajstić information content (AvgIpc) is 2.63. The summed E-state index contributed by atoms with van der Waals surface area (Å²) in [4.78, 5) is 11.8. The van der Waals surface area contributed by atoms with Gasteiger partial charge in [0, 0.05) is 11.8 Å². The Hall–Kier alpha value is -2.14. The number of rotatable bonds is 4. The van der Waals surface area contributed by atoms with Gasteiger partial charge in [-0.1, -0.05) is 48.7 Å². The smallest absolute Gasteiger partial charge is 0.510 e. The molecule has 120 valence electrons. The van der Waals surface area contributed by atoms with Gasteiger partial charge < -0.3 is 20.1 Å². The van der Waals surface area contributed by atoms with Crippen molar-refractivity contribution in [3.63, 3.8) is 0 Å². The minimum absolute atomic E-state index is 0. The number of hydrogen-bond acceptors (Lipinski definition) is 3. The monoisotopic (exact) mass is 338 g/mol. The van der Waals surface area contributed by atoms with Crippen LogP contribution in [0.25, 0.3) is 6.08 Å². The van der Waals surface area contributed by atoms with Gasteiger partial charge in [0.2, 0.25) is 0 Å². The van der Waals surface area contributed by atoms with Gasteiger partial charge in [-0.15, -0.1) is 12.1 Å². The summed E-state index contributed by atoms with van der Waals surface area (Å²) in [6.07, 6.45) is 9.44. The molecule has 0 saturated carbocycles. The molecule has 0 saturated heterocycles. The zero-order valence-corrected chi connectivity index (χ0v) is 16.3. The van der Waals surface area contributed by atoms with Crippen molar-refractivity contribution in [2.24, 2.45) is 4.99 Å². The summed E-state index contributed by atoms with van der Waals surface area (Å²) >= 11 is 0. The number of aromatic amines is 1. The van der Waals surface area contributed by atoms with E-state index in [1.165, 1.54) is 0 Å². The summed E-state index contributed by atoms with van der Waals surface area (Å²) < 4.78 is 0. The fourth-order valence-electron chi connectivity index (χ4n) is 2.25. The van der Waals surface area contributed by atoms with Crippen molar-refractivity contribution in [2.45, 2.75) is 13.0 Å². The molecule has 1 aromatic heterocycles. The van der Waals surface area contributed by atoms with E-state index in [9.17, 15) is 5.11 Å². The zero-order valence-electron chi connectivity index (χ0n) is 14.3. The standard InChI is InChI=1S/C20H17N3O.Na/c1-15(17-5-3-2-4-6-17)23-20-18(13-21-14-22-20)10-7-16-8-11-19(24)12-9-16;/h2-6,8-12,14-15,24H,1H3,(H,21,22,23);/q-2;+1/t15-;/m1./s1. The van der Waals surface area contributed by atoms with Gasteiger partial charge in [0.1, 0.15) is 0 Å². The third kappa shape index (κ3) is 5.43. The Morgan fingerprint density at radius 3 is 2.60 bits per heavy atom. The molecule has 0 aliphatic heterocycles. The second-order valence-electron chi connectivity index (χ2n) is 5.33. The summed E-state index contributed by atoms with van der Waals surface area (Å²) in [7, 11) is 0. The van der Waals surface area contributed by atoms with Crippen LogP contribution in [0.5, 0.6) is 5.75 Å². The van der Waals surface area contributed by atoms with Crippen LogP contribution in [0.3, 0.4) is 0 Å². The second kappa shape index (κ2) is 9.37. The zero-order chi connectivity index (χ0) is 16.8. The van der Waals surface area contributed by atoms with Crippen molar-refractivity contribution < 1.29 is 34.7 Å². The molecule has 0 unspecified atom stereocenters. The van der Waals surface area contributed by atoms with E-state index in [1.54, 1.807) is 36.7 Å². The predicted molar refractivity (Wildman–Crippen MR) is 92.8 cm³/mol. The van der Waals surface area contributed by atoms with Gasteiger partial charge >= 0.3 is 29.6 Å². The molecule has 0 bridgehead atoms. The summed E-state index contributed by atoms with van der Waals surface area (Å²) in [5.41, 5.74) is 3.42. The molecule has 1 atom stereocenters. The predicted octanol–water partition coefficient (Wildman–Crippen LogP) is 0.446. The molecule has 2 N–H and O–H groups in total. The van der Waals surface area contributed by atoms with Crippen LogP contribution in [0.15, 0.2) is 65.9 Å². The number of phenolic OH excluding ortho intramolecular Hbond substituents is 1. The maximum absolute atomic E-state index is 9.32. The maximum atomic E-state index is 9.32. The minimum Gasteiger partial charge on any atom is -0.510 e. The van der Waals surface area contributed by atoms with Gasteiger partial charge in [-0.25, -0.2) is 6.08 Å². The SMILES string of the molecule is C[C@@H](N=c1[nH]cn[c-]c1C=[C-]c1ccc(O)cc1)c1ccccc1.[Na+]. The topological polar surface area (TPSA) is 61.3 Å². The maximum Gasteiger partial charge on any atom is 1.00 e. The van der Waals surface area contributed by atoms with E-state index in [0.29, 0.717) is 5.49 Å². The van der Waals surface area contributed by atoms with E-state index in [2.05, 4.69) is 34.4 Å². The molecule has 25 heavy (non-hydrogen) atoms. The number of nitrogens with zero attached hydrogens (tertiary/aromatic N) is 2. The first-order chi connectivity index (χ1) is 11.7. The Kier molecular flexibility index (Phi) is 7.19. The number of phenols is 1. The van der Waals surface area contributed by atoms with Crippen LogP contribution < -0.4 is 35.0 Å². The molecule has 5 heteroatoms. The average molecular weight is 338 g/mol. The first kappa shape index (κ1) is 19.2. The molecule has 0 spiro atoms.